The van der Waals surface area contributed by atoms with Gasteiger partial charge in [0.1, 0.15) is 0 Å². The quantitative estimate of drug-likeness (QED) is 0.531. The van der Waals surface area contributed by atoms with E-state index in [9.17, 15) is 70.7 Å². The Hall–Kier alpha value is -2.36. The summed E-state index contributed by atoms with van der Waals surface area (Å²) < 4.78 is 193. The van der Waals surface area contributed by atoms with Gasteiger partial charge in [-0.25, -0.2) is 8.78 Å². The summed E-state index contributed by atoms with van der Waals surface area (Å²) in [5.74, 6) is -46.3. The normalized spacial score (nSPS) is 14.6. The first-order valence-corrected chi connectivity index (χ1v) is 6.78. The number of carbonyl (C=O) groups is 1. The van der Waals surface area contributed by atoms with Gasteiger partial charge in [0.15, 0.2) is 11.6 Å². The molecule has 1 N–H and O–H groups in total. The van der Waals surface area contributed by atoms with E-state index >= 15 is 0 Å². The molecule has 30 heavy (non-hydrogen) atoms. The van der Waals surface area contributed by atoms with Gasteiger partial charge >= 0.3 is 41.7 Å². The van der Waals surface area contributed by atoms with Crippen molar-refractivity contribution in [1.29, 1.82) is 0 Å². The largest absolute Gasteiger partial charge is 0.460 e. The van der Waals surface area contributed by atoms with E-state index in [1.54, 1.807) is 0 Å². The number of amides is 1. The standard InChI is InChI=1S/C13H4F15NO/c14-5-2-1-4(3-6(5)15)29-7(30)8(16,17)9(18,19)10(20,21)11(22,23)12(24,25)13(26,27)28/h1-3H,(H,29,30). The Morgan fingerprint density at radius 3 is 1.47 bits per heavy atom. The van der Waals surface area contributed by atoms with E-state index < -0.39 is 59.0 Å². The van der Waals surface area contributed by atoms with E-state index in [0.29, 0.717) is 5.32 Å². The summed E-state index contributed by atoms with van der Waals surface area (Å²) in [6, 6.07) is 0.148. The molecule has 0 fully saturated rings. The Bertz CT molecular complexity index is 813. The third-order valence-electron chi connectivity index (χ3n) is 3.40. The van der Waals surface area contributed by atoms with Crippen LogP contribution in [0.3, 0.4) is 0 Å². The molecule has 0 heterocycles. The van der Waals surface area contributed by atoms with E-state index in [4.69, 9.17) is 0 Å². The van der Waals surface area contributed by atoms with Crippen LogP contribution in [-0.2, 0) is 4.79 Å². The van der Waals surface area contributed by atoms with Gasteiger partial charge in [-0.1, -0.05) is 0 Å². The summed E-state index contributed by atoms with van der Waals surface area (Å²) in [4.78, 5) is 11.2. The minimum atomic E-state index is -8.16. The van der Waals surface area contributed by atoms with Crippen LogP contribution in [0.15, 0.2) is 18.2 Å². The third kappa shape index (κ3) is 3.61. The Morgan fingerprint density at radius 2 is 1.07 bits per heavy atom. The Balaban J connectivity index is 3.40. The maximum absolute atomic E-state index is 13.5. The molecule has 1 rings (SSSR count). The Morgan fingerprint density at radius 1 is 0.633 bits per heavy atom. The summed E-state index contributed by atoms with van der Waals surface area (Å²) in [5, 5.41) is 0.585. The lowest BCUT2D eigenvalue weighted by Gasteiger charge is -2.39. The molecule has 1 aromatic carbocycles. The summed E-state index contributed by atoms with van der Waals surface area (Å²) in [5.41, 5.74) is -1.31. The first-order chi connectivity index (χ1) is 13.1. The predicted octanol–water partition coefficient (Wildman–Crippen LogP) is 5.64. The van der Waals surface area contributed by atoms with Crippen molar-refractivity contribution in [3.63, 3.8) is 0 Å². The van der Waals surface area contributed by atoms with Crippen molar-refractivity contribution in [2.45, 2.75) is 35.8 Å². The molecule has 0 atom stereocenters. The molecule has 0 aromatic heterocycles. The van der Waals surface area contributed by atoms with E-state index in [2.05, 4.69) is 0 Å². The van der Waals surface area contributed by atoms with E-state index in [1.165, 1.54) is 0 Å². The topological polar surface area (TPSA) is 29.1 Å². The Labute approximate surface area is 154 Å². The minimum absolute atomic E-state index is 0.105. The molecule has 0 aliphatic rings. The van der Waals surface area contributed by atoms with Crippen LogP contribution in [0.25, 0.3) is 0 Å². The second-order valence-electron chi connectivity index (χ2n) is 5.45. The van der Waals surface area contributed by atoms with E-state index in [1.807, 2.05) is 0 Å². The van der Waals surface area contributed by atoms with Crippen molar-refractivity contribution >= 4 is 11.6 Å². The lowest BCUT2D eigenvalue weighted by molar-refractivity contribution is -0.435. The highest BCUT2D eigenvalue weighted by molar-refractivity contribution is 5.97. The highest BCUT2D eigenvalue weighted by Crippen LogP contribution is 2.60. The number of hydrogen-bond donors (Lipinski definition) is 1. The van der Waals surface area contributed by atoms with Crippen LogP contribution in [0.4, 0.5) is 71.5 Å². The molecular weight excluding hydrogens is 471 g/mol. The fourth-order valence-electron chi connectivity index (χ4n) is 1.70. The van der Waals surface area contributed by atoms with Crippen LogP contribution in [0.1, 0.15) is 0 Å². The van der Waals surface area contributed by atoms with Gasteiger partial charge in [-0.05, 0) is 12.1 Å². The molecule has 0 saturated carbocycles. The zero-order valence-electron chi connectivity index (χ0n) is 13.3. The van der Waals surface area contributed by atoms with Gasteiger partial charge in [0, 0.05) is 11.8 Å². The molecule has 172 valence electrons. The zero-order valence-corrected chi connectivity index (χ0v) is 13.3. The zero-order chi connectivity index (χ0) is 24.1. The number of hydrogen-bond acceptors (Lipinski definition) is 1. The number of nitrogens with one attached hydrogen (secondary N) is 1. The number of halogens is 15. The summed E-state index contributed by atoms with van der Waals surface area (Å²) in [7, 11) is 0. The van der Waals surface area contributed by atoms with Crippen LogP contribution < -0.4 is 5.32 Å². The SMILES string of the molecule is O=C(Nc1ccc(F)c(F)c1)C(F)(F)C(F)(F)C(F)(F)C(F)(F)C(F)(F)C(F)(F)F. The maximum atomic E-state index is 13.5. The molecule has 0 radical (unpaired) electrons. The van der Waals surface area contributed by atoms with Gasteiger partial charge in [-0.3, -0.25) is 4.79 Å². The monoisotopic (exact) mass is 475 g/mol. The van der Waals surface area contributed by atoms with Gasteiger partial charge in [0.2, 0.25) is 0 Å². The number of alkyl halides is 13. The highest BCUT2D eigenvalue weighted by atomic mass is 19.4. The molecule has 0 bridgehead atoms. The summed E-state index contributed by atoms with van der Waals surface area (Å²) >= 11 is 0. The van der Waals surface area contributed by atoms with Crippen molar-refractivity contribution in [2.24, 2.45) is 0 Å². The van der Waals surface area contributed by atoms with Crippen molar-refractivity contribution < 1.29 is 70.7 Å². The maximum Gasteiger partial charge on any atom is 0.460 e. The van der Waals surface area contributed by atoms with Gasteiger partial charge in [0.25, 0.3) is 0 Å². The second-order valence-corrected chi connectivity index (χ2v) is 5.45. The average Bonchev–Trinajstić information content (AvgIpc) is 2.56. The van der Waals surface area contributed by atoms with Crippen molar-refractivity contribution in [3.8, 4) is 0 Å². The molecule has 0 aliphatic carbocycles. The van der Waals surface area contributed by atoms with E-state index in [-0.39, 0.29) is 18.2 Å². The smallest absolute Gasteiger partial charge is 0.321 e. The molecule has 0 unspecified atom stereocenters. The molecule has 0 spiro atoms. The number of carbonyl (C=O) groups excluding carboxylic acids is 1. The lowest BCUT2D eigenvalue weighted by atomic mass is 9.93. The summed E-state index contributed by atoms with van der Waals surface area (Å²) in [6.45, 7) is 0. The molecule has 0 saturated heterocycles. The number of benzene rings is 1. The molecule has 1 amide bonds. The van der Waals surface area contributed by atoms with Crippen molar-refractivity contribution in [3.05, 3.63) is 29.8 Å². The molecule has 0 aliphatic heterocycles. The van der Waals surface area contributed by atoms with Gasteiger partial charge in [0.05, 0.1) is 0 Å². The fourth-order valence-corrected chi connectivity index (χ4v) is 1.70. The summed E-state index contributed by atoms with van der Waals surface area (Å²) in [6.07, 6.45) is -7.58. The average molecular weight is 475 g/mol. The number of rotatable bonds is 6. The van der Waals surface area contributed by atoms with Crippen molar-refractivity contribution in [2.75, 3.05) is 5.32 Å². The second kappa shape index (κ2) is 7.11. The highest BCUT2D eigenvalue weighted by Gasteiger charge is 2.91. The predicted molar refractivity (Wildman–Crippen MR) is 65.8 cm³/mol. The first-order valence-electron chi connectivity index (χ1n) is 6.78. The van der Waals surface area contributed by atoms with Gasteiger partial charge in [-0.15, -0.1) is 0 Å². The van der Waals surface area contributed by atoms with Crippen LogP contribution in [-0.4, -0.2) is 41.7 Å². The fraction of sp³-hybridized carbons (Fsp3) is 0.462. The van der Waals surface area contributed by atoms with Gasteiger partial charge < -0.3 is 5.32 Å². The van der Waals surface area contributed by atoms with Crippen LogP contribution >= 0.6 is 0 Å². The van der Waals surface area contributed by atoms with E-state index in [0.717, 1.165) is 0 Å². The molecule has 17 heteroatoms. The third-order valence-corrected chi connectivity index (χ3v) is 3.40. The van der Waals surface area contributed by atoms with Crippen LogP contribution in [0.5, 0.6) is 0 Å². The van der Waals surface area contributed by atoms with Crippen LogP contribution in [0, 0.1) is 11.6 Å². The van der Waals surface area contributed by atoms with Crippen LogP contribution in [0.2, 0.25) is 0 Å². The Kier molecular flexibility index (Phi) is 6.08. The lowest BCUT2D eigenvalue weighted by Crippen LogP contribution is -2.71. The first kappa shape index (κ1) is 25.7. The van der Waals surface area contributed by atoms with Gasteiger partial charge in [-0.2, -0.15) is 57.1 Å². The number of anilines is 1. The molecule has 1 aromatic rings. The molecule has 2 nitrogen and oxygen atoms in total. The minimum Gasteiger partial charge on any atom is -0.321 e. The molecular formula is C13H4F15NO. The van der Waals surface area contributed by atoms with Crippen molar-refractivity contribution in [1.82, 2.24) is 0 Å².